The molecular formula is C16H21ClFN4O13P3. The quantitative estimate of drug-likeness (QED) is 0.115. The lowest BCUT2D eigenvalue weighted by atomic mass is 9.87. The van der Waals surface area contributed by atoms with E-state index in [4.69, 9.17) is 36.4 Å². The van der Waals surface area contributed by atoms with Crippen molar-refractivity contribution in [2.75, 3.05) is 12.3 Å². The third kappa shape index (κ3) is 6.38. The largest absolute Gasteiger partial charge is 0.490 e. The molecule has 3 rings (SSSR count). The molecule has 212 valence electrons. The van der Waals surface area contributed by atoms with Gasteiger partial charge < -0.3 is 35.2 Å². The van der Waals surface area contributed by atoms with Gasteiger partial charge in [-0.05, 0) is 13.8 Å². The average Bonchev–Trinajstić information content (AvgIpc) is 3.18. The Hall–Kier alpha value is -1.67. The number of hydrogen-bond donors (Lipinski definition) is 7. The van der Waals surface area contributed by atoms with Crippen LogP contribution < -0.4 is 11.3 Å². The molecule has 17 nitrogen and oxygen atoms in total. The van der Waals surface area contributed by atoms with E-state index in [0.29, 0.717) is 0 Å². The summed E-state index contributed by atoms with van der Waals surface area (Å²) in [5, 5.41) is 9.61. The number of hydrogen-bond acceptors (Lipinski definition) is 11. The van der Waals surface area contributed by atoms with E-state index in [2.05, 4.69) is 30.4 Å². The summed E-state index contributed by atoms with van der Waals surface area (Å²) in [6.45, 7) is 1.69. The van der Waals surface area contributed by atoms with Crippen LogP contribution in [0, 0.1) is 23.6 Å². The predicted octanol–water partition coefficient (Wildman–Crippen LogP) is 0.684. The van der Waals surface area contributed by atoms with Crippen LogP contribution in [-0.2, 0) is 31.6 Å². The van der Waals surface area contributed by atoms with Gasteiger partial charge in [0.25, 0.3) is 5.56 Å². The normalized spacial score (nSPS) is 27.9. The summed E-state index contributed by atoms with van der Waals surface area (Å²) < 4.78 is 68.5. The van der Waals surface area contributed by atoms with E-state index in [1.807, 2.05) is 0 Å². The highest BCUT2D eigenvalue weighted by atomic mass is 35.5. The van der Waals surface area contributed by atoms with Crippen molar-refractivity contribution in [3.63, 3.8) is 0 Å². The zero-order valence-electron chi connectivity index (χ0n) is 19.2. The zero-order valence-corrected chi connectivity index (χ0v) is 22.6. The lowest BCUT2D eigenvalue weighted by Crippen LogP contribution is -2.41. The number of nitrogens with two attached hydrogens (primary N) is 1. The molecule has 4 unspecified atom stereocenters. The first-order valence-electron chi connectivity index (χ1n) is 10.1. The van der Waals surface area contributed by atoms with Crippen molar-refractivity contribution in [1.29, 1.82) is 0 Å². The fraction of sp³-hybridized carbons (Fsp3) is 0.500. The van der Waals surface area contributed by atoms with E-state index in [1.54, 1.807) is 0 Å². The molecule has 2 aromatic rings. The van der Waals surface area contributed by atoms with Crippen molar-refractivity contribution >= 4 is 52.1 Å². The van der Waals surface area contributed by atoms with Crippen molar-refractivity contribution in [2.45, 2.75) is 37.2 Å². The Labute approximate surface area is 217 Å². The monoisotopic (exact) mass is 624 g/mol. The van der Waals surface area contributed by atoms with Crippen LogP contribution in [0.2, 0.25) is 0 Å². The van der Waals surface area contributed by atoms with E-state index in [-0.39, 0.29) is 11.6 Å². The Morgan fingerprint density at radius 2 is 1.95 bits per heavy atom. The highest BCUT2D eigenvalue weighted by molar-refractivity contribution is 7.66. The predicted molar refractivity (Wildman–Crippen MR) is 126 cm³/mol. The molecule has 0 bridgehead atoms. The van der Waals surface area contributed by atoms with Gasteiger partial charge in [-0.15, -0.1) is 5.92 Å². The van der Waals surface area contributed by atoms with Crippen molar-refractivity contribution in [1.82, 2.24) is 14.5 Å². The van der Waals surface area contributed by atoms with Gasteiger partial charge in [-0.1, -0.05) is 17.5 Å². The molecule has 1 saturated heterocycles. The standard InChI is InChI=1S/C16H21ClFN4O13P3/c1-3-4-16(17)8(6-23)11(7(2)33-37(28,29)35-38(30,31)34-36(25,26)27)32-14(16)22-5-9(18)10-12(22)20-15(19)21-13(10)24/h5,7-8,11,14,23H,6H2,1-2H3,(H,28,29)(H,30,31)(H2,25,26,27)(H3,19,20,21,24)/t7-,8?,11-,14-,16?/m1/s1. The molecule has 0 aromatic carbocycles. The van der Waals surface area contributed by atoms with Gasteiger partial charge in [0.1, 0.15) is 5.39 Å². The Balaban J connectivity index is 2.01. The van der Waals surface area contributed by atoms with Crippen LogP contribution in [0.1, 0.15) is 20.1 Å². The molecule has 1 fully saturated rings. The van der Waals surface area contributed by atoms with Crippen LogP contribution in [-0.4, -0.2) is 62.9 Å². The van der Waals surface area contributed by atoms with Crippen molar-refractivity contribution < 1.29 is 60.6 Å². The molecule has 38 heavy (non-hydrogen) atoms. The summed E-state index contributed by atoms with van der Waals surface area (Å²) >= 11 is 6.76. The number of ether oxygens (including phenoxy) is 1. The smallest absolute Gasteiger partial charge is 0.396 e. The number of aromatic nitrogens is 3. The maximum atomic E-state index is 14.7. The van der Waals surface area contributed by atoms with Crippen LogP contribution in [0.25, 0.3) is 11.0 Å². The maximum Gasteiger partial charge on any atom is 0.490 e. The second kappa shape index (κ2) is 10.7. The van der Waals surface area contributed by atoms with Gasteiger partial charge in [0.05, 0.1) is 18.8 Å². The fourth-order valence-corrected chi connectivity index (χ4v) is 7.57. The fourth-order valence-electron chi connectivity index (χ4n) is 3.93. The minimum atomic E-state index is -5.81. The number of rotatable bonds is 9. The maximum absolute atomic E-state index is 14.7. The molecule has 8 N–H and O–H groups in total. The number of anilines is 1. The first kappa shape index (κ1) is 30.9. The Kier molecular flexibility index (Phi) is 8.71. The molecule has 0 radical (unpaired) electrons. The molecule has 0 aliphatic carbocycles. The Bertz CT molecular complexity index is 1500. The summed E-state index contributed by atoms with van der Waals surface area (Å²) in [6, 6.07) is 0. The topological polar surface area (TPSA) is 266 Å². The van der Waals surface area contributed by atoms with Crippen LogP contribution in [0.15, 0.2) is 11.0 Å². The third-order valence-electron chi connectivity index (χ3n) is 5.18. The molecule has 7 atom stereocenters. The highest BCUT2D eigenvalue weighted by Gasteiger charge is 2.58. The second-order valence-corrected chi connectivity index (χ2v) is 12.8. The summed E-state index contributed by atoms with van der Waals surface area (Å²) in [7, 11) is -17.0. The average molecular weight is 625 g/mol. The van der Waals surface area contributed by atoms with Gasteiger partial charge in [-0.3, -0.25) is 18.9 Å². The number of phosphoric acid groups is 3. The number of nitrogens with zero attached hydrogens (tertiary/aromatic N) is 2. The van der Waals surface area contributed by atoms with Crippen LogP contribution >= 0.6 is 35.1 Å². The van der Waals surface area contributed by atoms with Gasteiger partial charge in [0.2, 0.25) is 5.95 Å². The molecule has 22 heteroatoms. The third-order valence-corrected chi connectivity index (χ3v) is 9.67. The number of nitrogen functional groups attached to an aromatic ring is 1. The van der Waals surface area contributed by atoms with Crippen molar-refractivity contribution in [2.24, 2.45) is 5.92 Å². The van der Waals surface area contributed by atoms with Gasteiger partial charge in [-0.25, -0.2) is 18.1 Å². The van der Waals surface area contributed by atoms with Gasteiger partial charge >= 0.3 is 23.5 Å². The summed E-state index contributed by atoms with van der Waals surface area (Å²) in [5.41, 5.74) is 4.35. The number of aliphatic hydroxyl groups is 1. The summed E-state index contributed by atoms with van der Waals surface area (Å²) in [4.78, 5) is 52.9. The number of nitrogens with one attached hydrogen (secondary N) is 1. The van der Waals surface area contributed by atoms with Gasteiger partial charge in [0.15, 0.2) is 22.6 Å². The molecule has 0 spiro atoms. The van der Waals surface area contributed by atoms with E-state index in [9.17, 15) is 37.8 Å². The zero-order chi connectivity index (χ0) is 28.8. The minimum Gasteiger partial charge on any atom is -0.396 e. The van der Waals surface area contributed by atoms with Crippen LogP contribution in [0.5, 0.6) is 0 Å². The number of aromatic amines is 1. The van der Waals surface area contributed by atoms with Crippen LogP contribution in [0.4, 0.5) is 10.3 Å². The summed E-state index contributed by atoms with van der Waals surface area (Å²) in [5.74, 6) is 2.47. The van der Waals surface area contributed by atoms with Crippen LogP contribution in [0.3, 0.4) is 0 Å². The van der Waals surface area contributed by atoms with E-state index in [0.717, 1.165) is 17.7 Å². The van der Waals surface area contributed by atoms with E-state index < -0.39 is 76.1 Å². The highest BCUT2D eigenvalue weighted by Crippen LogP contribution is 2.67. The lowest BCUT2D eigenvalue weighted by molar-refractivity contribution is -0.0641. The molecule has 1 aliphatic rings. The molecule has 3 heterocycles. The van der Waals surface area contributed by atoms with Crippen molar-refractivity contribution in [3.8, 4) is 11.8 Å². The molecule has 1 aliphatic heterocycles. The Morgan fingerprint density at radius 1 is 1.32 bits per heavy atom. The first-order chi connectivity index (χ1) is 17.3. The van der Waals surface area contributed by atoms with E-state index >= 15 is 0 Å². The Morgan fingerprint density at radius 3 is 2.50 bits per heavy atom. The van der Waals surface area contributed by atoms with Gasteiger partial charge in [-0.2, -0.15) is 13.6 Å². The summed E-state index contributed by atoms with van der Waals surface area (Å²) in [6.07, 6.45) is -3.79. The van der Waals surface area contributed by atoms with E-state index in [1.165, 1.54) is 6.92 Å². The molecule has 2 aromatic heterocycles. The number of phosphoric ester groups is 1. The number of alkyl halides is 1. The van der Waals surface area contributed by atoms with Gasteiger partial charge in [0, 0.05) is 12.1 Å². The number of fused-ring (bicyclic) bond motifs is 1. The minimum absolute atomic E-state index is 0.311. The van der Waals surface area contributed by atoms with Crippen molar-refractivity contribution in [3.05, 3.63) is 22.4 Å². The first-order valence-corrected chi connectivity index (χ1v) is 15.0. The number of halogens is 2. The number of H-pyrrole nitrogens is 1. The molecule has 0 saturated carbocycles. The lowest BCUT2D eigenvalue weighted by Gasteiger charge is -2.29. The second-order valence-electron chi connectivity index (χ2n) is 7.82. The number of aliphatic hydroxyl groups excluding tert-OH is 1. The molecule has 0 amide bonds. The SMILES string of the molecule is CC#CC1(Cl)C(CO)[C@@H]([C@@H](C)OP(=O)(O)OP(=O)(O)OP(=O)(O)O)O[C@H]1n1cc(F)c2c(=O)[nH]c(N)nc21. The molecular weight excluding hydrogens is 604 g/mol.